The summed E-state index contributed by atoms with van der Waals surface area (Å²) in [6, 6.07) is 11.6. The highest BCUT2D eigenvalue weighted by Gasteiger charge is 2.12. The van der Waals surface area contributed by atoms with Gasteiger partial charge in [0.15, 0.2) is 29.0 Å². The molecular weight excluding hydrogens is 346 g/mol. The van der Waals surface area contributed by atoms with E-state index in [2.05, 4.69) is 10.3 Å². The predicted molar refractivity (Wildman–Crippen MR) is 103 cm³/mol. The number of benzene rings is 2. The molecule has 0 fully saturated rings. The van der Waals surface area contributed by atoms with Crippen LogP contribution in [0.15, 0.2) is 41.4 Å². The molecule has 0 amide bonds. The third kappa shape index (κ3) is 4.36. The van der Waals surface area contributed by atoms with Gasteiger partial charge in [-0.15, -0.1) is 0 Å². The highest BCUT2D eigenvalue weighted by Crippen LogP contribution is 2.32. The van der Waals surface area contributed by atoms with Gasteiger partial charge in [0.05, 0.1) is 13.2 Å². The number of hydrogen-bond donors (Lipinski definition) is 2. The maximum atomic E-state index is 6.01. The zero-order valence-electron chi connectivity index (χ0n) is 15.1. The lowest BCUT2D eigenvalue weighted by molar-refractivity contribution is 0.171. The largest absolute Gasteiger partial charge is 0.490 e. The number of nitrogens with one attached hydrogen (secondary N) is 1. The molecule has 2 heterocycles. The predicted octanol–water partition coefficient (Wildman–Crippen LogP) is 2.59. The lowest BCUT2D eigenvalue weighted by Gasteiger charge is -2.18. The van der Waals surface area contributed by atoms with E-state index in [1.54, 1.807) is 0 Å². The van der Waals surface area contributed by atoms with Crippen molar-refractivity contribution in [1.82, 2.24) is 0 Å². The van der Waals surface area contributed by atoms with Crippen LogP contribution >= 0.6 is 0 Å². The fourth-order valence-electron chi connectivity index (χ4n) is 2.98. The maximum absolute atomic E-state index is 6.01. The molecule has 27 heavy (non-hydrogen) atoms. The second-order valence-electron chi connectivity index (χ2n) is 6.33. The first-order valence-electron chi connectivity index (χ1n) is 9.13. The van der Waals surface area contributed by atoms with Crippen LogP contribution in [0.25, 0.3) is 0 Å². The SMILES string of the molecule is NC(=NCCc1ccc2c(c1)OCCO2)Nc1ccc2c(c1)OCCCO2. The van der Waals surface area contributed by atoms with Gasteiger partial charge >= 0.3 is 0 Å². The summed E-state index contributed by atoms with van der Waals surface area (Å²) in [6.07, 6.45) is 1.64. The van der Waals surface area contributed by atoms with Crippen LogP contribution in [0.5, 0.6) is 23.0 Å². The fraction of sp³-hybridized carbons (Fsp3) is 0.350. The summed E-state index contributed by atoms with van der Waals surface area (Å²) < 4.78 is 22.5. The number of fused-ring (bicyclic) bond motifs is 2. The molecule has 4 rings (SSSR count). The van der Waals surface area contributed by atoms with Gasteiger partial charge in [-0.3, -0.25) is 4.99 Å². The van der Waals surface area contributed by atoms with Crippen molar-refractivity contribution in [3.63, 3.8) is 0 Å². The molecule has 7 heteroatoms. The number of hydrogen-bond acceptors (Lipinski definition) is 5. The van der Waals surface area contributed by atoms with Crippen LogP contribution in [0.2, 0.25) is 0 Å². The Kier molecular flexibility index (Phi) is 5.18. The van der Waals surface area contributed by atoms with Crippen molar-refractivity contribution in [2.45, 2.75) is 12.8 Å². The van der Waals surface area contributed by atoms with Crippen LogP contribution in [0.3, 0.4) is 0 Å². The molecule has 7 nitrogen and oxygen atoms in total. The van der Waals surface area contributed by atoms with E-state index in [9.17, 15) is 0 Å². The van der Waals surface area contributed by atoms with Gasteiger partial charge in [-0.1, -0.05) is 6.07 Å². The van der Waals surface area contributed by atoms with Gasteiger partial charge in [-0.2, -0.15) is 0 Å². The third-order valence-corrected chi connectivity index (χ3v) is 4.31. The van der Waals surface area contributed by atoms with E-state index >= 15 is 0 Å². The Hall–Kier alpha value is -3.09. The van der Waals surface area contributed by atoms with Crippen LogP contribution in [-0.4, -0.2) is 38.9 Å². The first kappa shape index (κ1) is 17.3. The molecule has 2 aliphatic heterocycles. The minimum absolute atomic E-state index is 0.363. The van der Waals surface area contributed by atoms with Crippen LogP contribution in [0.4, 0.5) is 5.69 Å². The summed E-state index contributed by atoms with van der Waals surface area (Å²) in [5, 5.41) is 3.10. The first-order valence-corrected chi connectivity index (χ1v) is 9.13. The third-order valence-electron chi connectivity index (χ3n) is 4.31. The summed E-state index contributed by atoms with van der Waals surface area (Å²) in [4.78, 5) is 4.40. The van der Waals surface area contributed by atoms with Gasteiger partial charge in [0.25, 0.3) is 0 Å². The van der Waals surface area contributed by atoms with Crippen LogP contribution < -0.4 is 30.0 Å². The Morgan fingerprint density at radius 2 is 1.52 bits per heavy atom. The highest BCUT2D eigenvalue weighted by molar-refractivity contribution is 5.92. The Morgan fingerprint density at radius 1 is 0.852 bits per heavy atom. The smallest absolute Gasteiger partial charge is 0.193 e. The molecule has 0 unspecified atom stereocenters. The monoisotopic (exact) mass is 369 g/mol. The van der Waals surface area contributed by atoms with Crippen molar-refractivity contribution in [2.75, 3.05) is 38.3 Å². The normalized spacial score (nSPS) is 15.8. The molecule has 2 aliphatic rings. The maximum Gasteiger partial charge on any atom is 0.193 e. The van der Waals surface area contributed by atoms with Gasteiger partial charge in [-0.25, -0.2) is 0 Å². The second-order valence-corrected chi connectivity index (χ2v) is 6.33. The Balaban J connectivity index is 1.34. The van der Waals surface area contributed by atoms with Crippen molar-refractivity contribution in [1.29, 1.82) is 0 Å². The minimum Gasteiger partial charge on any atom is -0.490 e. The van der Waals surface area contributed by atoms with E-state index < -0.39 is 0 Å². The van der Waals surface area contributed by atoms with E-state index in [1.807, 2.05) is 36.4 Å². The number of anilines is 1. The summed E-state index contributed by atoms with van der Waals surface area (Å²) in [6.45, 7) is 3.07. The molecule has 0 saturated carbocycles. The van der Waals surface area contributed by atoms with Gasteiger partial charge in [0, 0.05) is 24.7 Å². The molecule has 3 N–H and O–H groups in total. The number of aliphatic imine (C=N–C) groups is 1. The van der Waals surface area contributed by atoms with Gasteiger partial charge < -0.3 is 30.0 Å². The molecule has 0 aromatic heterocycles. The van der Waals surface area contributed by atoms with Gasteiger partial charge in [-0.05, 0) is 36.2 Å². The Morgan fingerprint density at radius 3 is 2.37 bits per heavy atom. The summed E-state index contributed by atoms with van der Waals surface area (Å²) in [5.41, 5.74) is 7.96. The molecule has 0 aliphatic carbocycles. The number of nitrogens with two attached hydrogens (primary N) is 1. The molecule has 0 bridgehead atoms. The lowest BCUT2D eigenvalue weighted by atomic mass is 10.1. The van der Waals surface area contributed by atoms with E-state index in [0.717, 1.165) is 47.1 Å². The molecule has 0 atom stereocenters. The fourth-order valence-corrected chi connectivity index (χ4v) is 2.98. The highest BCUT2D eigenvalue weighted by atomic mass is 16.6. The second kappa shape index (κ2) is 8.07. The number of nitrogens with zero attached hydrogens (tertiary/aromatic N) is 1. The molecule has 142 valence electrons. The minimum atomic E-state index is 0.363. The molecule has 2 aromatic rings. The van der Waals surface area contributed by atoms with Crippen molar-refractivity contribution in [3.8, 4) is 23.0 Å². The van der Waals surface area contributed by atoms with Crippen molar-refractivity contribution >= 4 is 11.6 Å². The zero-order chi connectivity index (χ0) is 18.5. The number of ether oxygens (including phenoxy) is 4. The average molecular weight is 369 g/mol. The molecular formula is C20H23N3O4. The van der Waals surface area contributed by atoms with E-state index in [4.69, 9.17) is 24.7 Å². The summed E-state index contributed by atoms with van der Waals surface area (Å²) in [7, 11) is 0. The topological polar surface area (TPSA) is 87.3 Å². The first-order chi connectivity index (χ1) is 13.3. The number of guanidine groups is 1. The molecule has 0 saturated heterocycles. The van der Waals surface area contributed by atoms with Gasteiger partial charge in [0.1, 0.15) is 13.2 Å². The lowest BCUT2D eigenvalue weighted by Crippen LogP contribution is -2.23. The van der Waals surface area contributed by atoms with E-state index in [1.165, 1.54) is 0 Å². The van der Waals surface area contributed by atoms with Gasteiger partial charge in [0.2, 0.25) is 0 Å². The molecule has 0 spiro atoms. The Bertz CT molecular complexity index is 838. The standard InChI is InChI=1S/C20H23N3O4/c21-20(23-15-3-5-17-19(13-15)25-9-1-8-24-17)22-7-6-14-2-4-16-18(12-14)27-11-10-26-16/h2-5,12-13H,1,6-11H2,(H3,21,22,23). The van der Waals surface area contributed by atoms with Crippen molar-refractivity contribution < 1.29 is 18.9 Å². The molecule has 2 aromatic carbocycles. The quantitative estimate of drug-likeness (QED) is 0.636. The summed E-state index contributed by atoms with van der Waals surface area (Å²) >= 11 is 0. The Labute approximate surface area is 158 Å². The average Bonchev–Trinajstić information content (AvgIpc) is 2.93. The van der Waals surface area contributed by atoms with E-state index in [0.29, 0.717) is 38.9 Å². The van der Waals surface area contributed by atoms with E-state index in [-0.39, 0.29) is 0 Å². The van der Waals surface area contributed by atoms with Crippen molar-refractivity contribution in [3.05, 3.63) is 42.0 Å². The van der Waals surface area contributed by atoms with Crippen LogP contribution in [0, 0.1) is 0 Å². The van der Waals surface area contributed by atoms with Crippen LogP contribution in [-0.2, 0) is 6.42 Å². The number of rotatable bonds is 4. The molecule has 0 radical (unpaired) electrons. The van der Waals surface area contributed by atoms with Crippen molar-refractivity contribution in [2.24, 2.45) is 10.7 Å². The zero-order valence-corrected chi connectivity index (χ0v) is 15.1. The van der Waals surface area contributed by atoms with Crippen LogP contribution in [0.1, 0.15) is 12.0 Å². The summed E-state index contributed by atoms with van der Waals surface area (Å²) in [5.74, 6) is 3.43.